The van der Waals surface area contributed by atoms with Crippen molar-refractivity contribution >= 4 is 10.9 Å². The fraction of sp³-hybridized carbons (Fsp3) is 0.385. The van der Waals surface area contributed by atoms with Crippen molar-refractivity contribution in [1.82, 2.24) is 9.78 Å². The summed E-state index contributed by atoms with van der Waals surface area (Å²) in [5.41, 5.74) is 6.84. The van der Waals surface area contributed by atoms with E-state index < -0.39 is 0 Å². The molecule has 1 unspecified atom stereocenters. The van der Waals surface area contributed by atoms with Gasteiger partial charge in [-0.25, -0.2) is 0 Å². The van der Waals surface area contributed by atoms with Gasteiger partial charge in [-0.05, 0) is 18.1 Å². The number of hydrogen-bond acceptors (Lipinski definition) is 3. The van der Waals surface area contributed by atoms with E-state index in [9.17, 15) is 4.79 Å². The monoisotopic (exact) mass is 231 g/mol. The molecule has 4 heteroatoms. The lowest BCUT2D eigenvalue weighted by molar-refractivity contribution is 0.417. The zero-order valence-corrected chi connectivity index (χ0v) is 10.1. The number of fused-ring (bicyclic) bond motifs is 1. The van der Waals surface area contributed by atoms with Crippen LogP contribution in [0.5, 0.6) is 0 Å². The number of nitrogens with two attached hydrogens (primary N) is 1. The van der Waals surface area contributed by atoms with Crippen LogP contribution in [0.1, 0.15) is 13.8 Å². The van der Waals surface area contributed by atoms with Crippen LogP contribution in [0.3, 0.4) is 0 Å². The van der Waals surface area contributed by atoms with Crippen molar-refractivity contribution < 1.29 is 0 Å². The minimum absolute atomic E-state index is 0.0356. The molecule has 0 aliphatic rings. The predicted octanol–water partition coefficient (Wildman–Crippen LogP) is 1.38. The van der Waals surface area contributed by atoms with Gasteiger partial charge in [0.2, 0.25) is 5.43 Å². The van der Waals surface area contributed by atoms with E-state index >= 15 is 0 Å². The summed E-state index contributed by atoms with van der Waals surface area (Å²) in [6.45, 7) is 4.78. The molecule has 1 atom stereocenters. The smallest absolute Gasteiger partial charge is 0.207 e. The lowest BCUT2D eigenvalue weighted by Crippen LogP contribution is -2.32. The van der Waals surface area contributed by atoms with Gasteiger partial charge < -0.3 is 5.73 Å². The van der Waals surface area contributed by atoms with E-state index in [0.717, 1.165) is 5.52 Å². The average molecular weight is 231 g/mol. The zero-order chi connectivity index (χ0) is 12.4. The summed E-state index contributed by atoms with van der Waals surface area (Å²) < 4.78 is 1.81. The molecule has 0 saturated heterocycles. The van der Waals surface area contributed by atoms with Gasteiger partial charge in [0.1, 0.15) is 0 Å². The topological polar surface area (TPSA) is 60.9 Å². The highest BCUT2D eigenvalue weighted by Gasteiger charge is 2.10. The number of benzene rings is 1. The second-order valence-corrected chi connectivity index (χ2v) is 4.62. The van der Waals surface area contributed by atoms with Crippen molar-refractivity contribution in [2.24, 2.45) is 11.7 Å². The quantitative estimate of drug-likeness (QED) is 0.868. The van der Waals surface area contributed by atoms with Crippen LogP contribution in [0.4, 0.5) is 0 Å². The van der Waals surface area contributed by atoms with Gasteiger partial charge in [-0.2, -0.15) is 5.10 Å². The minimum atomic E-state index is -0.0463. The Labute approximate surface area is 100 Å². The van der Waals surface area contributed by atoms with E-state index in [4.69, 9.17) is 5.73 Å². The van der Waals surface area contributed by atoms with Crippen molar-refractivity contribution in [1.29, 1.82) is 0 Å². The van der Waals surface area contributed by atoms with Crippen molar-refractivity contribution in [3.05, 3.63) is 40.7 Å². The van der Waals surface area contributed by atoms with Gasteiger partial charge in [0.15, 0.2) is 0 Å². The zero-order valence-electron chi connectivity index (χ0n) is 10.1. The van der Waals surface area contributed by atoms with Gasteiger partial charge in [0.25, 0.3) is 0 Å². The molecular weight excluding hydrogens is 214 g/mol. The van der Waals surface area contributed by atoms with Crippen molar-refractivity contribution in [3.63, 3.8) is 0 Å². The maximum absolute atomic E-state index is 11.6. The first kappa shape index (κ1) is 11.8. The van der Waals surface area contributed by atoms with Gasteiger partial charge in [-0.1, -0.05) is 26.0 Å². The third-order valence-electron chi connectivity index (χ3n) is 3.00. The van der Waals surface area contributed by atoms with Crippen LogP contribution in [-0.2, 0) is 6.54 Å². The second-order valence-electron chi connectivity index (χ2n) is 4.62. The first-order valence-electron chi connectivity index (χ1n) is 5.80. The molecular formula is C13H17N3O. The first-order valence-corrected chi connectivity index (χ1v) is 5.80. The Balaban J connectivity index is 2.48. The molecule has 17 heavy (non-hydrogen) atoms. The number of nitrogens with zero attached hydrogens (tertiary/aromatic N) is 2. The number of rotatable bonds is 3. The fourth-order valence-electron chi connectivity index (χ4n) is 1.72. The summed E-state index contributed by atoms with van der Waals surface area (Å²) in [6, 6.07) is 7.51. The molecule has 1 aromatic heterocycles. The predicted molar refractivity (Wildman–Crippen MR) is 68.8 cm³/mol. The maximum Gasteiger partial charge on any atom is 0.207 e. The Morgan fingerprint density at radius 1 is 1.35 bits per heavy atom. The van der Waals surface area contributed by atoms with Crippen molar-refractivity contribution in [3.8, 4) is 0 Å². The van der Waals surface area contributed by atoms with Crippen LogP contribution < -0.4 is 11.2 Å². The summed E-state index contributed by atoms with van der Waals surface area (Å²) >= 11 is 0. The highest BCUT2D eigenvalue weighted by molar-refractivity contribution is 5.77. The number of para-hydroxylation sites is 1. The summed E-state index contributed by atoms with van der Waals surface area (Å²) in [5.74, 6) is 0.384. The number of aromatic nitrogens is 2. The molecule has 1 aromatic carbocycles. The molecule has 2 rings (SSSR count). The average Bonchev–Trinajstić information content (AvgIpc) is 2.33. The Bertz CT molecular complexity index is 574. The summed E-state index contributed by atoms with van der Waals surface area (Å²) in [7, 11) is 0. The first-order chi connectivity index (χ1) is 8.09. The van der Waals surface area contributed by atoms with Crippen LogP contribution in [0.2, 0.25) is 0 Å². The molecule has 0 fully saturated rings. The van der Waals surface area contributed by atoms with Gasteiger partial charge >= 0.3 is 0 Å². The highest BCUT2D eigenvalue weighted by atomic mass is 16.1. The van der Waals surface area contributed by atoms with Crippen LogP contribution in [0.15, 0.2) is 35.3 Å². The van der Waals surface area contributed by atoms with E-state index in [-0.39, 0.29) is 11.5 Å². The largest absolute Gasteiger partial charge is 0.326 e. The molecule has 0 bridgehead atoms. The molecule has 4 nitrogen and oxygen atoms in total. The fourth-order valence-corrected chi connectivity index (χ4v) is 1.72. The molecule has 1 heterocycles. The molecule has 0 amide bonds. The molecule has 2 N–H and O–H groups in total. The number of hydrogen-bond donors (Lipinski definition) is 1. The third-order valence-corrected chi connectivity index (χ3v) is 3.00. The van der Waals surface area contributed by atoms with Crippen LogP contribution >= 0.6 is 0 Å². The summed E-state index contributed by atoms with van der Waals surface area (Å²) in [6.07, 6.45) is 1.36. The van der Waals surface area contributed by atoms with E-state index in [2.05, 4.69) is 18.9 Å². The highest BCUT2D eigenvalue weighted by Crippen LogP contribution is 2.09. The van der Waals surface area contributed by atoms with Crippen LogP contribution in [0.25, 0.3) is 10.9 Å². The molecule has 90 valence electrons. The maximum atomic E-state index is 11.6. The standard InChI is InChI=1S/C13H17N3O/c1-9(2)11(14)8-16-12-6-4-3-5-10(12)13(17)7-15-16/h3-7,9,11H,8,14H2,1-2H3. The van der Waals surface area contributed by atoms with E-state index in [1.165, 1.54) is 6.20 Å². The van der Waals surface area contributed by atoms with Crippen molar-refractivity contribution in [2.45, 2.75) is 26.4 Å². The Morgan fingerprint density at radius 3 is 2.76 bits per heavy atom. The van der Waals surface area contributed by atoms with Crippen LogP contribution in [0, 0.1) is 5.92 Å². The normalized spacial score (nSPS) is 13.2. The van der Waals surface area contributed by atoms with Gasteiger partial charge in [0.05, 0.1) is 18.3 Å². The summed E-state index contributed by atoms with van der Waals surface area (Å²) in [5, 5.41) is 4.85. The van der Waals surface area contributed by atoms with Gasteiger partial charge in [-0.15, -0.1) is 0 Å². The molecule has 0 radical (unpaired) electrons. The Hall–Kier alpha value is -1.68. The Kier molecular flexibility index (Phi) is 3.24. The van der Waals surface area contributed by atoms with E-state index in [0.29, 0.717) is 17.8 Å². The van der Waals surface area contributed by atoms with E-state index in [1.54, 1.807) is 4.68 Å². The minimum Gasteiger partial charge on any atom is -0.326 e. The van der Waals surface area contributed by atoms with Crippen LogP contribution in [-0.4, -0.2) is 15.8 Å². The molecule has 0 spiro atoms. The lowest BCUT2D eigenvalue weighted by atomic mass is 10.1. The SMILES string of the molecule is CC(C)C(N)Cn1ncc(=O)c2ccccc21. The second kappa shape index (κ2) is 4.67. The van der Waals surface area contributed by atoms with Crippen molar-refractivity contribution in [2.75, 3.05) is 0 Å². The van der Waals surface area contributed by atoms with Gasteiger partial charge in [0, 0.05) is 11.4 Å². The van der Waals surface area contributed by atoms with Gasteiger partial charge in [-0.3, -0.25) is 9.48 Å². The molecule has 0 saturated carbocycles. The molecule has 0 aliphatic carbocycles. The summed E-state index contributed by atoms with van der Waals surface area (Å²) in [4.78, 5) is 11.6. The molecule has 2 aromatic rings. The third kappa shape index (κ3) is 2.36. The molecule has 0 aliphatic heterocycles. The lowest BCUT2D eigenvalue weighted by Gasteiger charge is -2.17. The Morgan fingerprint density at radius 2 is 2.06 bits per heavy atom. The van der Waals surface area contributed by atoms with E-state index in [1.807, 2.05) is 24.3 Å².